The number of aromatic nitrogens is 1. The van der Waals surface area contributed by atoms with Gasteiger partial charge in [0.05, 0.1) is 16.0 Å². The minimum absolute atomic E-state index is 0. The quantitative estimate of drug-likeness (QED) is 0.129. The summed E-state index contributed by atoms with van der Waals surface area (Å²) < 4.78 is 1.23. The van der Waals surface area contributed by atoms with Gasteiger partial charge in [0.1, 0.15) is 0 Å². The van der Waals surface area contributed by atoms with Crippen LogP contribution in [0.5, 0.6) is 0 Å². The molecule has 0 bridgehead atoms. The Kier molecular flexibility index (Phi) is 11.0. The number of rotatable bonds is 5. The molecule has 0 saturated heterocycles. The molecule has 0 atom stereocenters. The second kappa shape index (κ2) is 13.3. The van der Waals surface area contributed by atoms with E-state index in [9.17, 15) is 4.79 Å². The van der Waals surface area contributed by atoms with Gasteiger partial charge in [0.2, 0.25) is 0 Å². The van der Waals surface area contributed by atoms with Crippen LogP contribution in [-0.4, -0.2) is 15.9 Å². The molecule has 5 heteroatoms. The van der Waals surface area contributed by atoms with Crippen LogP contribution in [0.15, 0.2) is 60.4 Å². The van der Waals surface area contributed by atoms with Crippen LogP contribution < -0.4 is 0 Å². The van der Waals surface area contributed by atoms with E-state index in [1.807, 2.05) is 11.3 Å². The van der Waals surface area contributed by atoms with E-state index >= 15 is 0 Å². The standard InChI is InChI=1S/C27H28NS.C5H8O2.Ir/c1-16(2)20-12-21(17(3)4)14-23(13-20)27-15-25-26(29-27)8-7-24(28-25)22-10-18(5)9-19(6)11-22;1-4(6)3-5(2)7;/h7-10,12-17H,1-6H3;3,6H,1-2H3;/q-1;;/b;4-3-;. The van der Waals surface area contributed by atoms with Crippen molar-refractivity contribution in [1.82, 2.24) is 4.98 Å². The largest absolute Gasteiger partial charge is 0.512 e. The number of ketones is 1. The molecule has 0 amide bonds. The van der Waals surface area contributed by atoms with Gasteiger partial charge >= 0.3 is 0 Å². The molecule has 37 heavy (non-hydrogen) atoms. The molecule has 197 valence electrons. The second-order valence-corrected chi connectivity index (χ2v) is 11.1. The van der Waals surface area contributed by atoms with Crippen LogP contribution in [-0.2, 0) is 24.9 Å². The molecule has 0 saturated carbocycles. The number of aliphatic hydroxyl groups is 1. The molecular formula is C32H36IrNO2S-. The number of nitrogens with zero attached hydrogens (tertiary/aromatic N) is 1. The van der Waals surface area contributed by atoms with E-state index in [4.69, 9.17) is 10.1 Å². The fourth-order valence-electron chi connectivity index (χ4n) is 4.03. The summed E-state index contributed by atoms with van der Waals surface area (Å²) in [6, 6.07) is 21.4. The summed E-state index contributed by atoms with van der Waals surface area (Å²) in [5.41, 5.74) is 9.65. The first-order chi connectivity index (χ1) is 16.9. The number of carbonyl (C=O) groups excluding carboxylic acids is 1. The van der Waals surface area contributed by atoms with Crippen molar-refractivity contribution in [2.24, 2.45) is 0 Å². The van der Waals surface area contributed by atoms with Gasteiger partial charge in [-0.1, -0.05) is 65.8 Å². The number of aryl methyl sites for hydroxylation is 2. The van der Waals surface area contributed by atoms with Crippen LogP contribution in [0.3, 0.4) is 0 Å². The van der Waals surface area contributed by atoms with Gasteiger partial charge in [-0.15, -0.1) is 46.2 Å². The molecule has 2 aromatic carbocycles. The molecular weight excluding hydrogens is 655 g/mol. The number of benzene rings is 2. The van der Waals surface area contributed by atoms with Gasteiger partial charge in [0.15, 0.2) is 5.78 Å². The van der Waals surface area contributed by atoms with Crippen LogP contribution in [0.4, 0.5) is 0 Å². The molecule has 0 aliphatic heterocycles. The zero-order chi connectivity index (χ0) is 26.6. The van der Waals surface area contributed by atoms with Crippen molar-refractivity contribution in [3.63, 3.8) is 0 Å². The molecule has 3 nitrogen and oxygen atoms in total. The number of aliphatic hydroxyl groups excluding tert-OH is 1. The van der Waals surface area contributed by atoms with Crippen LogP contribution in [0.25, 0.3) is 31.9 Å². The molecule has 0 aliphatic rings. The summed E-state index contributed by atoms with van der Waals surface area (Å²) in [4.78, 5) is 16.3. The first kappa shape index (κ1) is 30.6. The Hall–Kier alpha value is -2.59. The van der Waals surface area contributed by atoms with Crippen molar-refractivity contribution >= 4 is 27.3 Å². The minimum Gasteiger partial charge on any atom is -0.512 e. The van der Waals surface area contributed by atoms with Gasteiger partial charge in [-0.2, -0.15) is 0 Å². The summed E-state index contributed by atoms with van der Waals surface area (Å²) in [5.74, 6) is 0.978. The van der Waals surface area contributed by atoms with E-state index in [0.29, 0.717) is 11.8 Å². The number of fused-ring (bicyclic) bond motifs is 1. The van der Waals surface area contributed by atoms with Crippen molar-refractivity contribution in [2.45, 2.75) is 67.2 Å². The van der Waals surface area contributed by atoms with E-state index in [-0.39, 0.29) is 31.6 Å². The maximum absolute atomic E-state index is 10.0. The topological polar surface area (TPSA) is 50.2 Å². The van der Waals surface area contributed by atoms with Gasteiger partial charge in [-0.05, 0) is 60.2 Å². The normalized spacial score (nSPS) is 11.4. The van der Waals surface area contributed by atoms with Crippen LogP contribution in [0.2, 0.25) is 0 Å². The molecule has 0 spiro atoms. The summed E-state index contributed by atoms with van der Waals surface area (Å²) in [6.07, 6.45) is 1.17. The SMILES string of the molecule is CC(=O)/C=C(/C)O.Cc1[c-]c(-c2ccc3sc(-c4cc(C(C)C)cc(C(C)C)c4)cc3n2)cc(C)c1.[Ir]. The van der Waals surface area contributed by atoms with Crippen molar-refractivity contribution in [1.29, 1.82) is 0 Å². The monoisotopic (exact) mass is 691 g/mol. The molecule has 4 aromatic rings. The molecule has 2 heterocycles. The average Bonchev–Trinajstić information content (AvgIpc) is 3.21. The van der Waals surface area contributed by atoms with Gasteiger partial charge in [-0.25, -0.2) is 0 Å². The Morgan fingerprint density at radius 2 is 1.57 bits per heavy atom. The fraction of sp³-hybridized carbons (Fsp3) is 0.312. The molecule has 0 aliphatic carbocycles. The molecule has 0 fully saturated rings. The number of thiophene rings is 1. The Morgan fingerprint density at radius 3 is 2.05 bits per heavy atom. The number of carbonyl (C=O) groups is 1. The first-order valence-electron chi connectivity index (χ1n) is 12.4. The second-order valence-electron chi connectivity index (χ2n) is 10.0. The van der Waals surface area contributed by atoms with Gasteiger partial charge in [-0.3, -0.25) is 9.78 Å². The first-order valence-corrected chi connectivity index (χ1v) is 13.2. The summed E-state index contributed by atoms with van der Waals surface area (Å²) in [7, 11) is 0. The van der Waals surface area contributed by atoms with Gasteiger partial charge in [0.25, 0.3) is 0 Å². The maximum Gasteiger partial charge on any atom is 0.155 e. The zero-order valence-electron chi connectivity index (χ0n) is 22.9. The van der Waals surface area contributed by atoms with Gasteiger partial charge in [0, 0.05) is 31.1 Å². The number of hydrogen-bond donors (Lipinski definition) is 1. The van der Waals surface area contributed by atoms with E-state index in [1.54, 1.807) is 0 Å². The van der Waals surface area contributed by atoms with Gasteiger partial charge < -0.3 is 5.11 Å². The van der Waals surface area contributed by atoms with Crippen LogP contribution in [0, 0.1) is 19.9 Å². The van der Waals surface area contributed by atoms with Crippen molar-refractivity contribution in [3.8, 4) is 21.7 Å². The number of allylic oxidation sites excluding steroid dienone is 2. The Morgan fingerprint density at radius 1 is 0.946 bits per heavy atom. The Balaban J connectivity index is 0.000000532. The average molecular weight is 691 g/mol. The Labute approximate surface area is 239 Å². The zero-order valence-corrected chi connectivity index (χ0v) is 26.1. The van der Waals surface area contributed by atoms with E-state index in [2.05, 4.69) is 96.1 Å². The molecule has 1 N–H and O–H groups in total. The van der Waals surface area contributed by atoms with Crippen molar-refractivity contribution < 1.29 is 30.0 Å². The number of hydrogen-bond acceptors (Lipinski definition) is 4. The van der Waals surface area contributed by atoms with Crippen molar-refractivity contribution in [3.05, 3.63) is 88.7 Å². The molecule has 4 rings (SSSR count). The smallest absolute Gasteiger partial charge is 0.155 e. The summed E-state index contributed by atoms with van der Waals surface area (Å²) in [5, 5.41) is 8.36. The van der Waals surface area contributed by atoms with E-state index in [1.165, 1.54) is 51.8 Å². The molecule has 2 aromatic heterocycles. The summed E-state index contributed by atoms with van der Waals surface area (Å²) in [6.45, 7) is 16.1. The summed E-state index contributed by atoms with van der Waals surface area (Å²) >= 11 is 1.83. The third-order valence-electron chi connectivity index (χ3n) is 5.81. The predicted molar refractivity (Wildman–Crippen MR) is 154 cm³/mol. The maximum atomic E-state index is 10.0. The fourth-order valence-corrected chi connectivity index (χ4v) is 5.02. The molecule has 0 unspecified atom stereocenters. The van der Waals surface area contributed by atoms with Crippen LogP contribution in [0.1, 0.15) is 75.6 Å². The van der Waals surface area contributed by atoms with E-state index < -0.39 is 0 Å². The minimum atomic E-state index is -0.125. The third kappa shape index (κ3) is 8.46. The number of pyridine rings is 1. The van der Waals surface area contributed by atoms with E-state index in [0.717, 1.165) is 22.3 Å². The van der Waals surface area contributed by atoms with Crippen molar-refractivity contribution in [2.75, 3.05) is 0 Å². The Bertz CT molecular complexity index is 1370. The predicted octanol–water partition coefficient (Wildman–Crippen LogP) is 9.33. The molecule has 1 radical (unpaired) electrons. The van der Waals surface area contributed by atoms with Crippen LogP contribution >= 0.6 is 11.3 Å². The third-order valence-corrected chi connectivity index (χ3v) is 6.94.